The Morgan fingerprint density at radius 2 is 2.14 bits per heavy atom. The Bertz CT molecular complexity index is 406. The van der Waals surface area contributed by atoms with E-state index in [9.17, 15) is 4.21 Å². The first-order valence-corrected chi connectivity index (χ1v) is 6.13. The number of halogens is 1. The van der Waals surface area contributed by atoms with E-state index in [0.717, 1.165) is 0 Å². The summed E-state index contributed by atoms with van der Waals surface area (Å²) in [5.74, 6) is 1.16. The molecule has 1 aromatic carbocycles. The SMILES string of the molecule is CO[S+](=O)(Cl)c1ccc2c(c1)OCO2. The van der Waals surface area contributed by atoms with Crippen molar-refractivity contribution in [1.82, 2.24) is 0 Å². The number of rotatable bonds is 2. The van der Waals surface area contributed by atoms with Crippen molar-refractivity contribution in [3.8, 4) is 11.5 Å². The molecule has 0 bridgehead atoms. The molecule has 4 nitrogen and oxygen atoms in total. The molecular weight excluding hydrogens is 228 g/mol. The average Bonchev–Trinajstić information content (AvgIpc) is 2.64. The van der Waals surface area contributed by atoms with Gasteiger partial charge in [0.1, 0.15) is 0 Å². The predicted molar refractivity (Wildman–Crippen MR) is 51.7 cm³/mol. The van der Waals surface area contributed by atoms with Crippen LogP contribution in [0.25, 0.3) is 0 Å². The molecule has 76 valence electrons. The molecule has 2 rings (SSSR count). The molecule has 0 saturated heterocycles. The summed E-state index contributed by atoms with van der Waals surface area (Å²) in [6.07, 6.45) is 0. The summed E-state index contributed by atoms with van der Waals surface area (Å²) in [7, 11) is 4.02. The zero-order valence-electron chi connectivity index (χ0n) is 7.36. The molecule has 0 fully saturated rings. The maximum Gasteiger partial charge on any atom is 0.350 e. The van der Waals surface area contributed by atoms with Gasteiger partial charge in [-0.05, 0) is 10.3 Å². The lowest BCUT2D eigenvalue weighted by molar-refractivity contribution is 0.174. The highest BCUT2D eigenvalue weighted by Crippen LogP contribution is 2.36. The third-order valence-electron chi connectivity index (χ3n) is 1.84. The van der Waals surface area contributed by atoms with E-state index in [4.69, 9.17) is 20.2 Å². The minimum Gasteiger partial charge on any atom is -0.454 e. The average molecular weight is 236 g/mol. The van der Waals surface area contributed by atoms with Crippen LogP contribution in [0.5, 0.6) is 11.5 Å². The highest BCUT2D eigenvalue weighted by atomic mass is 35.7. The van der Waals surface area contributed by atoms with E-state index in [1.807, 2.05) is 0 Å². The first kappa shape index (κ1) is 9.76. The van der Waals surface area contributed by atoms with Gasteiger partial charge < -0.3 is 9.47 Å². The van der Waals surface area contributed by atoms with Gasteiger partial charge in [0.15, 0.2) is 11.5 Å². The lowest BCUT2D eigenvalue weighted by atomic mass is 10.3. The first-order chi connectivity index (χ1) is 6.63. The molecule has 1 unspecified atom stereocenters. The third-order valence-corrected chi connectivity index (χ3v) is 4.00. The molecule has 0 aromatic heterocycles. The molecule has 0 radical (unpaired) electrons. The number of benzene rings is 1. The molecule has 0 spiro atoms. The summed E-state index contributed by atoms with van der Waals surface area (Å²) >= 11 is 0. The Balaban J connectivity index is 2.43. The van der Waals surface area contributed by atoms with Crippen LogP contribution in [0.1, 0.15) is 0 Å². The molecule has 14 heavy (non-hydrogen) atoms. The van der Waals surface area contributed by atoms with Crippen LogP contribution in [0, 0.1) is 0 Å². The Morgan fingerprint density at radius 3 is 2.86 bits per heavy atom. The topological polar surface area (TPSA) is 44.8 Å². The van der Waals surface area contributed by atoms with E-state index in [1.165, 1.54) is 7.11 Å². The van der Waals surface area contributed by atoms with E-state index >= 15 is 0 Å². The summed E-state index contributed by atoms with van der Waals surface area (Å²) in [5, 5.41) is 0. The quantitative estimate of drug-likeness (QED) is 0.581. The molecule has 0 amide bonds. The second-order valence-electron chi connectivity index (χ2n) is 2.62. The zero-order chi connectivity index (χ0) is 10.2. The molecule has 1 aliphatic rings. The van der Waals surface area contributed by atoms with Crippen molar-refractivity contribution in [2.24, 2.45) is 0 Å². The van der Waals surface area contributed by atoms with Crippen LogP contribution in [0.4, 0.5) is 0 Å². The molecular formula is C8H8ClO4S+. The Hall–Kier alpha value is -0.780. The standard InChI is InChI=1S/C8H8ClO4S/c1-11-14(9,10)6-2-3-7-8(4-6)13-5-12-7/h2-4H,5H2,1H3/q+1. The van der Waals surface area contributed by atoms with Gasteiger partial charge in [-0.25, -0.2) is 0 Å². The molecule has 1 aromatic rings. The van der Waals surface area contributed by atoms with Crippen molar-refractivity contribution in [3.63, 3.8) is 0 Å². The van der Waals surface area contributed by atoms with Crippen LogP contribution in [-0.2, 0) is 17.8 Å². The second-order valence-corrected chi connectivity index (χ2v) is 5.52. The van der Waals surface area contributed by atoms with Crippen molar-refractivity contribution in [2.45, 2.75) is 4.90 Å². The maximum atomic E-state index is 11.6. The van der Waals surface area contributed by atoms with Crippen LogP contribution >= 0.6 is 10.7 Å². The fraction of sp³-hybridized carbons (Fsp3) is 0.250. The summed E-state index contributed by atoms with van der Waals surface area (Å²) in [6, 6.07) is 4.80. The van der Waals surface area contributed by atoms with Gasteiger partial charge in [0.2, 0.25) is 22.4 Å². The van der Waals surface area contributed by atoms with Crippen LogP contribution in [0.3, 0.4) is 0 Å². The number of fused-ring (bicyclic) bond motifs is 1. The van der Waals surface area contributed by atoms with Gasteiger partial charge in [0.05, 0.1) is 7.11 Å². The normalized spacial score (nSPS) is 17.9. The summed E-state index contributed by atoms with van der Waals surface area (Å²) in [6.45, 7) is 0.176. The Kier molecular flexibility index (Phi) is 2.38. The largest absolute Gasteiger partial charge is 0.454 e. The molecule has 1 aliphatic heterocycles. The first-order valence-electron chi connectivity index (χ1n) is 3.82. The minimum absolute atomic E-state index is 0.176. The monoisotopic (exact) mass is 235 g/mol. The molecule has 0 saturated carbocycles. The van der Waals surface area contributed by atoms with E-state index in [1.54, 1.807) is 18.2 Å². The van der Waals surface area contributed by atoms with E-state index in [-0.39, 0.29) is 6.79 Å². The lowest BCUT2D eigenvalue weighted by Gasteiger charge is -1.99. The predicted octanol–water partition coefficient (Wildman–Crippen LogP) is 1.99. The van der Waals surface area contributed by atoms with Gasteiger partial charge in [-0.3, -0.25) is 0 Å². The fourth-order valence-corrected chi connectivity index (χ4v) is 2.08. The smallest absolute Gasteiger partial charge is 0.350 e. The number of ether oxygens (including phenoxy) is 2. The van der Waals surface area contributed by atoms with E-state index in [2.05, 4.69) is 4.18 Å². The van der Waals surface area contributed by atoms with Crippen LogP contribution < -0.4 is 9.47 Å². The van der Waals surface area contributed by atoms with E-state index in [0.29, 0.717) is 16.4 Å². The van der Waals surface area contributed by atoms with Crippen LogP contribution in [0.15, 0.2) is 23.1 Å². The maximum absolute atomic E-state index is 11.6. The van der Waals surface area contributed by atoms with Gasteiger partial charge in [-0.1, -0.05) is 0 Å². The summed E-state index contributed by atoms with van der Waals surface area (Å²) < 4.78 is 26.5. The summed E-state index contributed by atoms with van der Waals surface area (Å²) in [4.78, 5) is 0.380. The molecule has 1 atom stereocenters. The van der Waals surface area contributed by atoms with Crippen molar-refractivity contribution >= 4 is 20.1 Å². The fourth-order valence-electron chi connectivity index (χ4n) is 1.12. The van der Waals surface area contributed by atoms with Crippen LogP contribution in [0.2, 0.25) is 0 Å². The molecule has 0 N–H and O–H groups in total. The third kappa shape index (κ3) is 1.58. The van der Waals surface area contributed by atoms with E-state index < -0.39 is 9.43 Å². The van der Waals surface area contributed by atoms with Gasteiger partial charge in [-0.2, -0.15) is 4.18 Å². The summed E-state index contributed by atoms with van der Waals surface area (Å²) in [5.41, 5.74) is 0. The lowest BCUT2D eigenvalue weighted by Crippen LogP contribution is -2.03. The number of hydrogen-bond donors (Lipinski definition) is 0. The molecule has 1 heterocycles. The van der Waals surface area contributed by atoms with Crippen molar-refractivity contribution in [3.05, 3.63) is 18.2 Å². The zero-order valence-corrected chi connectivity index (χ0v) is 8.93. The van der Waals surface area contributed by atoms with Gasteiger partial charge >= 0.3 is 9.43 Å². The van der Waals surface area contributed by atoms with Crippen molar-refractivity contribution in [1.29, 1.82) is 0 Å². The Labute approximate surface area is 86.9 Å². The van der Waals surface area contributed by atoms with Crippen molar-refractivity contribution in [2.75, 3.05) is 13.9 Å². The highest BCUT2D eigenvalue weighted by molar-refractivity contribution is 8.19. The van der Waals surface area contributed by atoms with Gasteiger partial charge in [0, 0.05) is 12.1 Å². The van der Waals surface area contributed by atoms with Crippen LogP contribution in [-0.4, -0.2) is 13.9 Å². The molecule has 6 heteroatoms. The van der Waals surface area contributed by atoms with Gasteiger partial charge in [-0.15, -0.1) is 0 Å². The number of hydrogen-bond acceptors (Lipinski definition) is 4. The van der Waals surface area contributed by atoms with Gasteiger partial charge in [0.25, 0.3) is 0 Å². The second kappa shape index (κ2) is 3.42. The molecule has 0 aliphatic carbocycles. The Morgan fingerprint density at radius 1 is 1.43 bits per heavy atom. The highest BCUT2D eigenvalue weighted by Gasteiger charge is 2.32. The minimum atomic E-state index is -2.93. The van der Waals surface area contributed by atoms with Crippen molar-refractivity contribution < 1.29 is 17.9 Å².